The fourth-order valence-corrected chi connectivity index (χ4v) is 11.5. The molecule has 1 unspecified atom stereocenters. The maximum Gasteiger partial charge on any atom is 0.316 e. The van der Waals surface area contributed by atoms with E-state index in [-0.39, 0.29) is 48.6 Å². The van der Waals surface area contributed by atoms with E-state index in [1.807, 2.05) is 84.9 Å². The first-order valence-corrected chi connectivity index (χ1v) is 29.1. The van der Waals surface area contributed by atoms with Gasteiger partial charge in [-0.2, -0.15) is 0 Å². The van der Waals surface area contributed by atoms with Crippen LogP contribution in [0.3, 0.4) is 0 Å². The summed E-state index contributed by atoms with van der Waals surface area (Å²) in [6, 6.07) is 45.1. The Balaban J connectivity index is 0.744. The van der Waals surface area contributed by atoms with E-state index in [0.717, 1.165) is 82.1 Å². The van der Waals surface area contributed by atoms with Gasteiger partial charge in [0.2, 0.25) is 0 Å². The monoisotopic (exact) mass is 1080 g/mol. The third-order valence-electron chi connectivity index (χ3n) is 13.8. The molecular weight excluding hydrogens is 1010 g/mol. The standard InChI is InChI=1S/C61H63N3O9S3/c65-56(40-74-53-25-13-47(14-26-53)59(68)44-7-19-50(20-8-44)62-31-1-2-32-62)71-37-43(38-72-57(66)41-75-54-27-15-48(16-28-54)60(69)45-9-21-51(22-10-45)63-33-3-4-34-63)39-73-58(67)42-76-55-29-17-49(18-30-55)61(70)46-11-23-52(24-12-46)64-35-5-6-36-64/h7-30,43,59,68H,1-6,31-42H2. The van der Waals surface area contributed by atoms with E-state index in [0.29, 0.717) is 22.3 Å². The van der Waals surface area contributed by atoms with Crippen molar-refractivity contribution in [2.75, 3.05) is 91.0 Å². The molecule has 3 aliphatic heterocycles. The fraction of sp³-hybridized carbons (Fsp3) is 0.328. The highest BCUT2D eigenvalue weighted by atomic mass is 32.2. The zero-order valence-corrected chi connectivity index (χ0v) is 45.0. The predicted octanol–water partition coefficient (Wildman–Crippen LogP) is 11.0. The lowest BCUT2D eigenvalue weighted by atomic mass is 10.0. The Hall–Kier alpha value is -6.52. The summed E-state index contributed by atoms with van der Waals surface area (Å²) < 4.78 is 16.9. The van der Waals surface area contributed by atoms with Gasteiger partial charge < -0.3 is 34.0 Å². The number of thioether (sulfide) groups is 3. The molecule has 0 radical (unpaired) electrons. The van der Waals surface area contributed by atoms with Crippen LogP contribution in [0.4, 0.5) is 17.1 Å². The Labute approximate surface area is 457 Å². The first-order valence-electron chi connectivity index (χ1n) is 26.1. The number of esters is 3. The summed E-state index contributed by atoms with van der Waals surface area (Å²) >= 11 is 3.82. The molecule has 3 heterocycles. The van der Waals surface area contributed by atoms with Crippen LogP contribution in [0, 0.1) is 5.92 Å². The quantitative estimate of drug-likeness (QED) is 0.0266. The molecule has 0 bridgehead atoms. The summed E-state index contributed by atoms with van der Waals surface area (Å²) in [4.78, 5) is 75.0. The second-order valence-electron chi connectivity index (χ2n) is 19.2. The van der Waals surface area contributed by atoms with Crippen LogP contribution in [0.25, 0.3) is 0 Å². The number of rotatable bonds is 24. The number of hydrogen-bond donors (Lipinski definition) is 1. The number of ketones is 2. The number of aliphatic hydroxyl groups is 1. The van der Waals surface area contributed by atoms with E-state index >= 15 is 0 Å². The van der Waals surface area contributed by atoms with E-state index in [4.69, 9.17) is 14.2 Å². The molecule has 3 fully saturated rings. The maximum absolute atomic E-state index is 13.2. The maximum atomic E-state index is 13.2. The SMILES string of the molecule is O=C(CSc1ccc(C(=O)c2ccc(N3CCCC3)cc2)cc1)OCC(COC(=O)CSc1ccc(C(=O)c2ccc(N3CCCC3)cc2)cc1)COC(=O)CSc1ccc(C(O)c2ccc(N3CCCC3)cc2)cc1. The molecule has 394 valence electrons. The molecule has 0 aromatic heterocycles. The highest BCUT2D eigenvalue weighted by Gasteiger charge is 2.21. The molecule has 76 heavy (non-hydrogen) atoms. The van der Waals surface area contributed by atoms with Gasteiger partial charge in [-0.25, -0.2) is 0 Å². The lowest BCUT2D eigenvalue weighted by Gasteiger charge is -2.19. The number of anilines is 3. The molecule has 3 aliphatic rings. The van der Waals surface area contributed by atoms with Crippen LogP contribution < -0.4 is 14.7 Å². The Morgan fingerprint density at radius 2 is 0.632 bits per heavy atom. The fourth-order valence-electron chi connectivity index (χ4n) is 9.45. The number of benzene rings is 6. The number of carbonyl (C=O) groups excluding carboxylic acids is 5. The summed E-state index contributed by atoms with van der Waals surface area (Å²) in [6.07, 6.45) is 6.32. The van der Waals surface area contributed by atoms with Crippen molar-refractivity contribution in [2.45, 2.75) is 59.3 Å². The first-order chi connectivity index (χ1) is 37.1. The van der Waals surface area contributed by atoms with Crippen LogP contribution in [0.15, 0.2) is 160 Å². The number of ether oxygens (including phenoxy) is 3. The van der Waals surface area contributed by atoms with Crippen LogP contribution in [-0.4, -0.2) is 111 Å². The summed E-state index contributed by atoms with van der Waals surface area (Å²) in [5, 5.41) is 11.1. The molecule has 1 atom stereocenters. The van der Waals surface area contributed by atoms with Gasteiger partial charge in [0, 0.05) is 93.3 Å². The van der Waals surface area contributed by atoms with Gasteiger partial charge in [0.15, 0.2) is 11.6 Å². The molecular formula is C61H63N3O9S3. The highest BCUT2D eigenvalue weighted by Crippen LogP contribution is 2.30. The Morgan fingerprint density at radius 3 is 0.934 bits per heavy atom. The van der Waals surface area contributed by atoms with Gasteiger partial charge in [-0.15, -0.1) is 35.3 Å². The first kappa shape index (κ1) is 54.3. The number of aliphatic hydroxyl groups excluding tert-OH is 1. The predicted molar refractivity (Wildman–Crippen MR) is 302 cm³/mol. The third kappa shape index (κ3) is 15.1. The minimum atomic E-state index is -0.789. The minimum Gasteiger partial charge on any atom is -0.464 e. The number of carbonyl (C=O) groups is 5. The van der Waals surface area contributed by atoms with Crippen molar-refractivity contribution in [1.82, 2.24) is 0 Å². The average molecular weight is 1080 g/mol. The molecule has 0 aliphatic carbocycles. The van der Waals surface area contributed by atoms with E-state index < -0.39 is 29.9 Å². The Morgan fingerprint density at radius 1 is 0.382 bits per heavy atom. The van der Waals surface area contributed by atoms with E-state index in [9.17, 15) is 29.1 Å². The highest BCUT2D eigenvalue weighted by molar-refractivity contribution is 8.00. The van der Waals surface area contributed by atoms with Gasteiger partial charge in [-0.3, -0.25) is 24.0 Å². The Kier molecular flexibility index (Phi) is 19.3. The van der Waals surface area contributed by atoms with Gasteiger partial charge in [0.25, 0.3) is 0 Å². The van der Waals surface area contributed by atoms with Crippen molar-refractivity contribution in [1.29, 1.82) is 0 Å². The second kappa shape index (κ2) is 27.0. The molecule has 6 aromatic carbocycles. The lowest BCUT2D eigenvalue weighted by molar-refractivity contribution is -0.150. The molecule has 15 heteroatoms. The summed E-state index contributed by atoms with van der Waals surface area (Å²) in [5.74, 6) is -2.34. The van der Waals surface area contributed by atoms with Crippen molar-refractivity contribution in [3.8, 4) is 0 Å². The van der Waals surface area contributed by atoms with Crippen LogP contribution in [-0.2, 0) is 28.6 Å². The van der Waals surface area contributed by atoms with Gasteiger partial charge in [0.05, 0.1) is 23.2 Å². The topological polar surface area (TPSA) is 143 Å². The normalized spacial score (nSPS) is 14.7. The minimum absolute atomic E-state index is 0.00422. The van der Waals surface area contributed by atoms with Crippen molar-refractivity contribution >= 4 is 81.8 Å². The van der Waals surface area contributed by atoms with Gasteiger partial charge in [-0.05, 0) is 171 Å². The van der Waals surface area contributed by atoms with Gasteiger partial charge in [-0.1, -0.05) is 24.3 Å². The Bertz CT molecular complexity index is 2750. The molecule has 3 saturated heterocycles. The zero-order valence-electron chi connectivity index (χ0n) is 42.5. The van der Waals surface area contributed by atoms with Gasteiger partial charge >= 0.3 is 17.9 Å². The van der Waals surface area contributed by atoms with Gasteiger partial charge in [0.1, 0.15) is 25.9 Å². The van der Waals surface area contributed by atoms with Crippen LogP contribution in [0.1, 0.15) is 87.6 Å². The van der Waals surface area contributed by atoms with E-state index in [1.54, 1.807) is 48.5 Å². The van der Waals surface area contributed by atoms with Crippen LogP contribution in [0.2, 0.25) is 0 Å². The second-order valence-corrected chi connectivity index (χ2v) is 22.4. The van der Waals surface area contributed by atoms with Crippen LogP contribution >= 0.6 is 35.3 Å². The zero-order chi connectivity index (χ0) is 52.6. The molecule has 0 spiro atoms. The van der Waals surface area contributed by atoms with Crippen molar-refractivity contribution < 1.29 is 43.3 Å². The van der Waals surface area contributed by atoms with Crippen LogP contribution in [0.5, 0.6) is 0 Å². The summed E-state index contributed by atoms with van der Waals surface area (Å²) in [7, 11) is 0. The number of nitrogens with zero attached hydrogens (tertiary/aromatic N) is 3. The molecule has 0 saturated carbocycles. The number of hydrogen-bond acceptors (Lipinski definition) is 15. The van der Waals surface area contributed by atoms with Crippen molar-refractivity contribution in [3.05, 3.63) is 179 Å². The molecule has 12 nitrogen and oxygen atoms in total. The summed E-state index contributed by atoms with van der Waals surface area (Å²) in [5.41, 5.74) is 7.28. The van der Waals surface area contributed by atoms with Crippen molar-refractivity contribution in [2.24, 2.45) is 5.92 Å². The smallest absolute Gasteiger partial charge is 0.316 e. The molecule has 9 rings (SSSR count). The largest absolute Gasteiger partial charge is 0.464 e. The molecule has 1 N–H and O–H groups in total. The van der Waals surface area contributed by atoms with Crippen molar-refractivity contribution in [3.63, 3.8) is 0 Å². The molecule has 0 amide bonds. The summed E-state index contributed by atoms with van der Waals surface area (Å²) in [6.45, 7) is 5.76. The third-order valence-corrected chi connectivity index (χ3v) is 16.8. The average Bonchev–Trinajstić information content (AvgIpc) is 4.32. The van der Waals surface area contributed by atoms with E-state index in [1.165, 1.54) is 73.8 Å². The molecule has 6 aromatic rings. The van der Waals surface area contributed by atoms with E-state index in [2.05, 4.69) is 26.8 Å². The lowest BCUT2D eigenvalue weighted by Crippen LogP contribution is -2.27.